The van der Waals surface area contributed by atoms with Gasteiger partial charge in [-0.15, -0.1) is 0 Å². The van der Waals surface area contributed by atoms with E-state index in [0.717, 1.165) is 82.5 Å². The van der Waals surface area contributed by atoms with Gasteiger partial charge in [0.15, 0.2) is 5.69 Å². The molecule has 0 saturated carbocycles. The zero-order chi connectivity index (χ0) is 20.2. The van der Waals surface area contributed by atoms with Crippen molar-refractivity contribution in [3.8, 4) is 0 Å². The number of carbonyl (C=O) groups excluding carboxylic acids is 1. The van der Waals surface area contributed by atoms with Crippen LogP contribution >= 0.6 is 0 Å². The monoisotopic (exact) mass is 395 g/mol. The maximum atomic E-state index is 13.2. The van der Waals surface area contributed by atoms with Crippen LogP contribution in [-0.2, 0) is 25.8 Å². The molecule has 1 aliphatic carbocycles. The SMILES string of the molecule is CCCn1nc(C(=O)N2CCCC2)c2c1CCC(N(C)CCc1ccccn1)C2. The molecule has 2 aromatic heterocycles. The largest absolute Gasteiger partial charge is 0.337 e. The smallest absolute Gasteiger partial charge is 0.274 e. The highest BCUT2D eigenvalue weighted by molar-refractivity contribution is 5.94. The third-order valence-corrected chi connectivity index (χ3v) is 6.42. The van der Waals surface area contributed by atoms with Crippen LogP contribution in [0.5, 0.6) is 0 Å². The number of pyridine rings is 1. The molecule has 1 fully saturated rings. The van der Waals surface area contributed by atoms with E-state index in [1.54, 1.807) is 0 Å². The van der Waals surface area contributed by atoms with Gasteiger partial charge in [-0.05, 0) is 57.7 Å². The molecule has 0 spiro atoms. The number of rotatable bonds is 7. The van der Waals surface area contributed by atoms with Crippen molar-refractivity contribution in [1.82, 2.24) is 24.6 Å². The Morgan fingerprint density at radius 3 is 2.83 bits per heavy atom. The van der Waals surface area contributed by atoms with Crippen molar-refractivity contribution in [3.05, 3.63) is 47.0 Å². The van der Waals surface area contributed by atoms with Gasteiger partial charge in [-0.25, -0.2) is 0 Å². The fourth-order valence-corrected chi connectivity index (χ4v) is 4.70. The number of hydrogen-bond acceptors (Lipinski definition) is 4. The second-order valence-electron chi connectivity index (χ2n) is 8.44. The molecule has 4 rings (SSSR count). The molecule has 0 radical (unpaired) electrons. The predicted molar refractivity (Wildman–Crippen MR) is 114 cm³/mol. The Bertz CT molecular complexity index is 825. The molecule has 6 heteroatoms. The zero-order valence-electron chi connectivity index (χ0n) is 17.8. The number of aryl methyl sites for hydroxylation is 1. The van der Waals surface area contributed by atoms with Crippen LogP contribution in [0.1, 0.15) is 60.0 Å². The number of nitrogens with zero attached hydrogens (tertiary/aromatic N) is 5. The van der Waals surface area contributed by atoms with Gasteiger partial charge in [0.2, 0.25) is 0 Å². The molecule has 1 saturated heterocycles. The number of aromatic nitrogens is 3. The van der Waals surface area contributed by atoms with Crippen LogP contribution in [-0.4, -0.2) is 63.2 Å². The Morgan fingerprint density at radius 1 is 1.28 bits per heavy atom. The number of amides is 1. The van der Waals surface area contributed by atoms with Crippen LogP contribution in [0, 0.1) is 0 Å². The van der Waals surface area contributed by atoms with Crippen molar-refractivity contribution in [1.29, 1.82) is 0 Å². The summed E-state index contributed by atoms with van der Waals surface area (Å²) >= 11 is 0. The fraction of sp³-hybridized carbons (Fsp3) is 0.609. The lowest BCUT2D eigenvalue weighted by Gasteiger charge is -2.32. The number of likely N-dealkylation sites (N-methyl/N-ethyl adjacent to an activating group) is 1. The maximum Gasteiger partial charge on any atom is 0.274 e. The Labute approximate surface area is 173 Å². The quantitative estimate of drug-likeness (QED) is 0.723. The lowest BCUT2D eigenvalue weighted by molar-refractivity contribution is 0.0784. The minimum atomic E-state index is 0.144. The minimum absolute atomic E-state index is 0.144. The van der Waals surface area contributed by atoms with Crippen LogP contribution in [0.2, 0.25) is 0 Å². The molecular weight excluding hydrogens is 362 g/mol. The van der Waals surface area contributed by atoms with E-state index in [1.165, 1.54) is 11.3 Å². The summed E-state index contributed by atoms with van der Waals surface area (Å²) in [5.41, 5.74) is 4.36. The van der Waals surface area contributed by atoms with Gasteiger partial charge in [0.1, 0.15) is 0 Å². The molecule has 1 atom stereocenters. The highest BCUT2D eigenvalue weighted by Gasteiger charge is 2.32. The van der Waals surface area contributed by atoms with Gasteiger partial charge in [0.25, 0.3) is 5.91 Å². The molecule has 156 valence electrons. The lowest BCUT2D eigenvalue weighted by atomic mass is 9.90. The molecule has 2 aliphatic rings. The molecule has 6 nitrogen and oxygen atoms in total. The average molecular weight is 396 g/mol. The standard InChI is InChI=1S/C23H33N5O/c1-3-13-28-21-10-9-19(26(2)16-11-18-8-4-5-12-24-18)17-20(21)22(25-28)23(29)27-14-6-7-15-27/h4-5,8,12,19H,3,6-7,9-11,13-17H2,1-2H3. The summed E-state index contributed by atoms with van der Waals surface area (Å²) in [5.74, 6) is 0.144. The molecule has 1 aliphatic heterocycles. The van der Waals surface area contributed by atoms with E-state index < -0.39 is 0 Å². The highest BCUT2D eigenvalue weighted by atomic mass is 16.2. The maximum absolute atomic E-state index is 13.2. The topological polar surface area (TPSA) is 54.3 Å². The van der Waals surface area contributed by atoms with E-state index in [9.17, 15) is 4.79 Å². The molecule has 1 unspecified atom stereocenters. The van der Waals surface area contributed by atoms with E-state index in [1.807, 2.05) is 23.2 Å². The van der Waals surface area contributed by atoms with Crippen LogP contribution in [0.25, 0.3) is 0 Å². The third-order valence-electron chi connectivity index (χ3n) is 6.42. The van der Waals surface area contributed by atoms with Gasteiger partial charge in [0.05, 0.1) is 0 Å². The second-order valence-corrected chi connectivity index (χ2v) is 8.44. The predicted octanol–water partition coefficient (Wildman–Crippen LogP) is 2.96. The Hall–Kier alpha value is -2.21. The van der Waals surface area contributed by atoms with Crippen molar-refractivity contribution in [3.63, 3.8) is 0 Å². The summed E-state index contributed by atoms with van der Waals surface area (Å²) < 4.78 is 2.11. The van der Waals surface area contributed by atoms with E-state index in [4.69, 9.17) is 5.10 Å². The van der Waals surface area contributed by atoms with Gasteiger partial charge in [-0.1, -0.05) is 13.0 Å². The number of fused-ring (bicyclic) bond motifs is 1. The number of carbonyl (C=O) groups is 1. The molecule has 29 heavy (non-hydrogen) atoms. The first kappa shape index (κ1) is 20.1. The summed E-state index contributed by atoms with van der Waals surface area (Å²) in [6.45, 7) is 5.81. The molecule has 0 bridgehead atoms. The van der Waals surface area contributed by atoms with E-state index in [2.05, 4.69) is 34.6 Å². The molecule has 0 N–H and O–H groups in total. The van der Waals surface area contributed by atoms with Gasteiger partial charge in [-0.3, -0.25) is 14.5 Å². The van der Waals surface area contributed by atoms with Crippen LogP contribution < -0.4 is 0 Å². The van der Waals surface area contributed by atoms with Gasteiger partial charge in [-0.2, -0.15) is 5.10 Å². The van der Waals surface area contributed by atoms with Gasteiger partial charge >= 0.3 is 0 Å². The summed E-state index contributed by atoms with van der Waals surface area (Å²) in [6.07, 6.45) is 9.14. The zero-order valence-corrected chi connectivity index (χ0v) is 17.8. The summed E-state index contributed by atoms with van der Waals surface area (Å²) in [5, 5.41) is 4.81. The van der Waals surface area contributed by atoms with Crippen molar-refractivity contribution in [2.75, 3.05) is 26.7 Å². The first-order chi connectivity index (χ1) is 14.2. The normalized spacial score (nSPS) is 19.0. The second kappa shape index (κ2) is 9.08. The van der Waals surface area contributed by atoms with E-state index in [-0.39, 0.29) is 5.91 Å². The first-order valence-electron chi connectivity index (χ1n) is 11.2. The average Bonchev–Trinajstić information content (AvgIpc) is 3.41. The lowest BCUT2D eigenvalue weighted by Crippen LogP contribution is -2.38. The van der Waals surface area contributed by atoms with Crippen molar-refractivity contribution < 1.29 is 4.79 Å². The first-order valence-corrected chi connectivity index (χ1v) is 11.2. The van der Waals surface area contributed by atoms with Crippen molar-refractivity contribution in [2.24, 2.45) is 0 Å². The Balaban J connectivity index is 1.49. The van der Waals surface area contributed by atoms with Crippen molar-refractivity contribution in [2.45, 2.75) is 64.5 Å². The molecular formula is C23H33N5O. The van der Waals surface area contributed by atoms with Crippen LogP contribution in [0.3, 0.4) is 0 Å². The fourth-order valence-electron chi connectivity index (χ4n) is 4.70. The summed E-state index contributed by atoms with van der Waals surface area (Å²) in [4.78, 5) is 22.0. The molecule has 1 amide bonds. The Morgan fingerprint density at radius 2 is 2.10 bits per heavy atom. The van der Waals surface area contributed by atoms with E-state index >= 15 is 0 Å². The molecule has 0 aromatic carbocycles. The summed E-state index contributed by atoms with van der Waals surface area (Å²) in [7, 11) is 2.21. The highest BCUT2D eigenvalue weighted by Crippen LogP contribution is 2.29. The minimum Gasteiger partial charge on any atom is -0.337 e. The summed E-state index contributed by atoms with van der Waals surface area (Å²) in [6, 6.07) is 6.56. The van der Waals surface area contributed by atoms with Crippen molar-refractivity contribution >= 4 is 5.91 Å². The van der Waals surface area contributed by atoms with Gasteiger partial charge < -0.3 is 9.80 Å². The number of hydrogen-bond donors (Lipinski definition) is 0. The molecule has 3 heterocycles. The van der Waals surface area contributed by atoms with E-state index in [0.29, 0.717) is 6.04 Å². The number of likely N-dealkylation sites (tertiary alicyclic amines) is 1. The van der Waals surface area contributed by atoms with Crippen LogP contribution in [0.4, 0.5) is 0 Å². The third kappa shape index (κ3) is 4.37. The van der Waals surface area contributed by atoms with Gasteiger partial charge in [0, 0.05) is 61.8 Å². The Kier molecular flexibility index (Phi) is 6.28. The molecule has 2 aromatic rings. The van der Waals surface area contributed by atoms with Crippen LogP contribution in [0.15, 0.2) is 24.4 Å².